The average molecular weight is 399 g/mol. The number of nitrogens with zero attached hydrogens (tertiary/aromatic N) is 5. The molecule has 0 aliphatic rings. The second kappa shape index (κ2) is 6.77. The molecule has 3 heterocycles. The van der Waals surface area contributed by atoms with E-state index in [0.29, 0.717) is 11.9 Å². The predicted octanol–water partition coefficient (Wildman–Crippen LogP) is 3.69. The Balaban J connectivity index is 2.06. The second-order valence-electron chi connectivity index (χ2n) is 7.49. The van der Waals surface area contributed by atoms with Crippen LogP contribution in [0.1, 0.15) is 46.0 Å². The van der Waals surface area contributed by atoms with Crippen LogP contribution in [0.2, 0.25) is 0 Å². The largest absolute Gasteiger partial charge is 0.369 e. The lowest BCUT2D eigenvalue weighted by Gasteiger charge is -2.18. The van der Waals surface area contributed by atoms with Gasteiger partial charge in [0.25, 0.3) is 11.4 Å². The molecule has 0 aliphatic heterocycles. The lowest BCUT2D eigenvalue weighted by atomic mass is 10.1. The number of fused-ring (bicyclic) bond motifs is 3. The molecule has 0 amide bonds. The first-order valence-electron chi connectivity index (χ1n) is 9.39. The lowest BCUT2D eigenvalue weighted by Crippen LogP contribution is -2.26. The van der Waals surface area contributed by atoms with Crippen LogP contribution in [0.5, 0.6) is 0 Å². The number of hydrogen-bond acceptors (Lipinski definition) is 6. The molecule has 8 nitrogen and oxygen atoms in total. The molecular formula is C20H22FN5O3. The summed E-state index contributed by atoms with van der Waals surface area (Å²) in [7, 11) is 1.54. The monoisotopic (exact) mass is 399 g/mol. The van der Waals surface area contributed by atoms with Gasteiger partial charge in [0.2, 0.25) is 5.82 Å². The van der Waals surface area contributed by atoms with E-state index in [1.54, 1.807) is 37.5 Å². The summed E-state index contributed by atoms with van der Waals surface area (Å²) in [5, 5.41) is 3.99. The van der Waals surface area contributed by atoms with Crippen LogP contribution < -0.4 is 5.56 Å². The fourth-order valence-corrected chi connectivity index (χ4v) is 3.31. The van der Waals surface area contributed by atoms with Crippen molar-refractivity contribution >= 4 is 16.6 Å². The van der Waals surface area contributed by atoms with Crippen LogP contribution in [0, 0.1) is 5.82 Å². The number of imidazole rings is 1. The van der Waals surface area contributed by atoms with E-state index >= 15 is 0 Å². The number of ether oxygens (including phenoxy) is 1. The van der Waals surface area contributed by atoms with Gasteiger partial charge in [-0.25, -0.2) is 9.37 Å². The zero-order valence-corrected chi connectivity index (χ0v) is 16.9. The van der Waals surface area contributed by atoms with Gasteiger partial charge in [-0.3, -0.25) is 13.8 Å². The summed E-state index contributed by atoms with van der Waals surface area (Å²) in [6.45, 7) is 7.42. The van der Waals surface area contributed by atoms with Crippen molar-refractivity contribution in [3.05, 3.63) is 46.6 Å². The van der Waals surface area contributed by atoms with Crippen molar-refractivity contribution < 1.29 is 13.7 Å². The van der Waals surface area contributed by atoms with E-state index in [1.165, 1.54) is 17.0 Å². The first-order chi connectivity index (χ1) is 13.8. The van der Waals surface area contributed by atoms with Gasteiger partial charge in [-0.2, -0.15) is 4.98 Å². The van der Waals surface area contributed by atoms with Gasteiger partial charge in [0, 0.05) is 13.2 Å². The van der Waals surface area contributed by atoms with Crippen molar-refractivity contribution in [1.82, 2.24) is 24.1 Å². The molecule has 29 heavy (non-hydrogen) atoms. The molecule has 4 aromatic rings. The van der Waals surface area contributed by atoms with Crippen LogP contribution in [0.4, 0.5) is 4.39 Å². The van der Waals surface area contributed by atoms with Gasteiger partial charge >= 0.3 is 0 Å². The molecule has 1 atom stereocenters. The van der Waals surface area contributed by atoms with Crippen LogP contribution in [-0.2, 0) is 10.3 Å². The zero-order valence-electron chi connectivity index (χ0n) is 16.9. The highest BCUT2D eigenvalue weighted by Gasteiger charge is 2.29. The molecule has 4 rings (SSSR count). The Morgan fingerprint density at radius 1 is 1.31 bits per heavy atom. The highest BCUT2D eigenvalue weighted by molar-refractivity contribution is 5.84. The second-order valence-corrected chi connectivity index (χ2v) is 7.49. The maximum Gasteiger partial charge on any atom is 0.278 e. The quantitative estimate of drug-likeness (QED) is 0.509. The summed E-state index contributed by atoms with van der Waals surface area (Å²) < 4.78 is 28.5. The van der Waals surface area contributed by atoms with Crippen LogP contribution in [0.25, 0.3) is 28.1 Å². The Morgan fingerprint density at radius 2 is 2.07 bits per heavy atom. The van der Waals surface area contributed by atoms with Gasteiger partial charge in [-0.05, 0) is 39.3 Å². The number of methoxy groups -OCH3 is 1. The van der Waals surface area contributed by atoms with Gasteiger partial charge in [-0.1, -0.05) is 18.1 Å². The Bertz CT molecular complexity index is 1270. The van der Waals surface area contributed by atoms with Crippen LogP contribution in [0.15, 0.2) is 33.8 Å². The Labute approximate surface area is 165 Å². The van der Waals surface area contributed by atoms with Gasteiger partial charge in [0.05, 0.1) is 5.52 Å². The van der Waals surface area contributed by atoms with Crippen molar-refractivity contribution in [2.45, 2.75) is 45.8 Å². The standard InChI is InChI=1S/C20H22FN5O3/c1-6-11(2)26-15-12(21)8-7-9-13(15)25-10-22-14(16(25)18(26)27)17-23-19(29-24-17)20(3,4)28-5/h7-11H,6H2,1-5H3. The minimum absolute atomic E-state index is 0.177. The molecule has 0 saturated carbocycles. The Hall–Kier alpha value is -3.07. The van der Waals surface area contributed by atoms with E-state index in [-0.39, 0.29) is 40.0 Å². The van der Waals surface area contributed by atoms with E-state index in [1.807, 2.05) is 13.8 Å². The van der Waals surface area contributed by atoms with E-state index < -0.39 is 11.4 Å². The predicted molar refractivity (Wildman–Crippen MR) is 105 cm³/mol. The average Bonchev–Trinajstić information content (AvgIpc) is 3.36. The summed E-state index contributed by atoms with van der Waals surface area (Å²) >= 11 is 0. The van der Waals surface area contributed by atoms with Gasteiger partial charge in [-0.15, -0.1) is 0 Å². The van der Waals surface area contributed by atoms with E-state index in [9.17, 15) is 9.18 Å². The highest BCUT2D eigenvalue weighted by atomic mass is 19.1. The number of rotatable bonds is 5. The third-order valence-corrected chi connectivity index (χ3v) is 5.35. The molecule has 152 valence electrons. The summed E-state index contributed by atoms with van der Waals surface area (Å²) in [5.74, 6) is -0.0119. The molecule has 0 bridgehead atoms. The van der Waals surface area contributed by atoms with Crippen molar-refractivity contribution in [1.29, 1.82) is 0 Å². The Kier molecular flexibility index (Phi) is 4.49. The number of hydrogen-bond donors (Lipinski definition) is 0. The maximum atomic E-state index is 14.7. The summed E-state index contributed by atoms with van der Waals surface area (Å²) in [5.41, 5.74) is 0.193. The first kappa shape index (κ1) is 19.3. The van der Waals surface area contributed by atoms with E-state index in [2.05, 4.69) is 15.1 Å². The topological polar surface area (TPSA) is 87.5 Å². The Morgan fingerprint density at radius 3 is 2.76 bits per heavy atom. The molecule has 1 aromatic carbocycles. The van der Waals surface area contributed by atoms with E-state index in [4.69, 9.17) is 9.26 Å². The third-order valence-electron chi connectivity index (χ3n) is 5.35. The molecule has 0 radical (unpaired) electrons. The normalized spacial score (nSPS) is 13.4. The lowest BCUT2D eigenvalue weighted by molar-refractivity contribution is -0.00786. The first-order valence-corrected chi connectivity index (χ1v) is 9.39. The van der Waals surface area contributed by atoms with Crippen LogP contribution >= 0.6 is 0 Å². The molecule has 1 unspecified atom stereocenters. The summed E-state index contributed by atoms with van der Waals surface area (Å²) in [6, 6.07) is 4.51. The molecule has 9 heteroatoms. The number of halogens is 1. The minimum atomic E-state index is -0.784. The minimum Gasteiger partial charge on any atom is -0.369 e. The smallest absolute Gasteiger partial charge is 0.278 e. The van der Waals surface area contributed by atoms with E-state index in [0.717, 1.165) is 0 Å². The maximum absolute atomic E-state index is 14.7. The van der Waals surface area contributed by atoms with Crippen molar-refractivity contribution in [3.8, 4) is 11.5 Å². The van der Waals surface area contributed by atoms with Crippen LogP contribution in [-0.4, -0.2) is 31.2 Å². The van der Waals surface area contributed by atoms with Gasteiger partial charge < -0.3 is 9.26 Å². The number of aromatic nitrogens is 5. The van der Waals surface area contributed by atoms with Gasteiger partial charge in [0.15, 0.2) is 0 Å². The summed E-state index contributed by atoms with van der Waals surface area (Å²) in [4.78, 5) is 22.2. The molecule has 0 fully saturated rings. The molecule has 0 spiro atoms. The molecule has 0 aliphatic carbocycles. The molecule has 0 saturated heterocycles. The third kappa shape index (κ3) is 2.84. The zero-order chi connectivity index (χ0) is 20.9. The van der Waals surface area contributed by atoms with Crippen molar-refractivity contribution in [2.75, 3.05) is 7.11 Å². The van der Waals surface area contributed by atoms with Crippen molar-refractivity contribution in [3.63, 3.8) is 0 Å². The fourth-order valence-electron chi connectivity index (χ4n) is 3.31. The van der Waals surface area contributed by atoms with Crippen molar-refractivity contribution in [2.24, 2.45) is 0 Å². The SMILES string of the molecule is CCC(C)n1c(=O)c2c(-c3noc(C(C)(C)OC)n3)ncn2c2cccc(F)c21. The molecule has 3 aromatic heterocycles. The molecular weight excluding hydrogens is 377 g/mol. The van der Waals surface area contributed by atoms with Gasteiger partial charge in [0.1, 0.15) is 34.5 Å². The number of benzene rings is 1. The number of para-hydroxylation sites is 1. The molecule has 0 N–H and O–H groups in total. The fraction of sp³-hybridized carbons (Fsp3) is 0.400. The van der Waals surface area contributed by atoms with Crippen LogP contribution in [0.3, 0.4) is 0 Å². The highest BCUT2D eigenvalue weighted by Crippen LogP contribution is 2.28. The summed E-state index contributed by atoms with van der Waals surface area (Å²) in [6.07, 6.45) is 2.14.